The van der Waals surface area contributed by atoms with E-state index in [-0.39, 0.29) is 54.2 Å². The molecule has 17 heteroatoms. The van der Waals surface area contributed by atoms with Gasteiger partial charge < -0.3 is 35.0 Å². The topological polar surface area (TPSA) is 215 Å². The quantitative estimate of drug-likeness (QED) is 0.229. The molecule has 0 unspecified atom stereocenters. The van der Waals surface area contributed by atoms with Crippen molar-refractivity contribution in [2.75, 3.05) is 6.54 Å². The number of aromatic nitrogens is 4. The molecule has 3 aromatic heterocycles. The van der Waals surface area contributed by atoms with Crippen molar-refractivity contribution in [1.29, 1.82) is 0 Å². The van der Waals surface area contributed by atoms with Crippen molar-refractivity contribution >= 4 is 41.3 Å². The predicted octanol–water partition coefficient (Wildman–Crippen LogP) is 2.27. The van der Waals surface area contributed by atoms with Crippen LogP contribution < -0.4 is 21.3 Å². The van der Waals surface area contributed by atoms with E-state index in [1.54, 1.807) is 13.8 Å². The minimum Gasteiger partial charge on any atom is -0.446 e. The van der Waals surface area contributed by atoms with Crippen molar-refractivity contribution in [3.63, 3.8) is 0 Å². The molecule has 2 aliphatic heterocycles. The zero-order valence-corrected chi connectivity index (χ0v) is 28.7. The standard InChI is InChI=1S/C33H37N9O7S/c1-16(2)10-21-27(43)34-18(4)31-39-24(15-48-31)33(47)42-13-20(35-30(46)26-17(3)40-50-41-26)12-25(42)29(45)37-22(11-19-8-6-5-7-9-19)32-38-23(14-49-32)28(44)36-21/h5-9,14-16,18,20-22,25H,10-13H2,1-4H3,(H,34,43)(H,35,46)(H,36,44)(H,37,45)/t18-,20+,21-,22+,25+/m1/s1. The number of amides is 5. The molecule has 0 aliphatic carbocycles. The minimum atomic E-state index is -1.05. The maximum Gasteiger partial charge on any atom is 0.276 e. The molecule has 16 nitrogen and oxygen atoms in total. The Morgan fingerprint density at radius 2 is 1.68 bits per heavy atom. The van der Waals surface area contributed by atoms with Gasteiger partial charge in [-0.15, -0.1) is 0 Å². The first kappa shape index (κ1) is 34.4. The second-order valence-electron chi connectivity index (χ2n) is 12.9. The Bertz CT molecular complexity index is 1890. The summed E-state index contributed by atoms with van der Waals surface area (Å²) in [4.78, 5) is 78.1. The highest BCUT2D eigenvalue weighted by Crippen LogP contribution is 2.26. The van der Waals surface area contributed by atoms with E-state index < -0.39 is 59.7 Å². The van der Waals surface area contributed by atoms with Gasteiger partial charge in [-0.25, -0.2) is 9.97 Å². The van der Waals surface area contributed by atoms with Gasteiger partial charge in [0.15, 0.2) is 17.1 Å². The second-order valence-corrected chi connectivity index (χ2v) is 13.4. The normalized spacial score (nSPS) is 23.1. The zero-order valence-electron chi connectivity index (χ0n) is 27.8. The Balaban J connectivity index is 1.36. The number of fused-ring (bicyclic) bond motifs is 5. The minimum absolute atomic E-state index is 0.0166. The van der Waals surface area contributed by atoms with E-state index >= 15 is 0 Å². The maximum atomic E-state index is 14.1. The number of nitrogens with zero attached hydrogens (tertiary/aromatic N) is 5. The third kappa shape index (κ3) is 7.56. The lowest BCUT2D eigenvalue weighted by molar-refractivity contribution is -0.126. The summed E-state index contributed by atoms with van der Waals surface area (Å²) in [5, 5.41) is 11.4. The van der Waals surface area contributed by atoms with Crippen LogP contribution in [-0.4, -0.2) is 77.8 Å². The molecular formula is C33H37N9O7S. The van der Waals surface area contributed by atoms with Gasteiger partial charge in [-0.05, 0) is 38.2 Å². The number of hydrogen-bond acceptors (Lipinski definition) is 12. The monoisotopic (exact) mass is 703 g/mol. The molecule has 5 atom stereocenters. The number of carbonyl (C=O) groups excluding carboxylic acids is 5. The van der Waals surface area contributed by atoms with E-state index in [1.807, 2.05) is 44.2 Å². The summed E-state index contributed by atoms with van der Waals surface area (Å²) in [6.45, 7) is 7.13. The van der Waals surface area contributed by atoms with Gasteiger partial charge in [0.05, 0.1) is 17.4 Å². The van der Waals surface area contributed by atoms with Gasteiger partial charge in [-0.1, -0.05) is 44.2 Å². The van der Waals surface area contributed by atoms with Gasteiger partial charge in [0.25, 0.3) is 17.7 Å². The van der Waals surface area contributed by atoms with Gasteiger partial charge >= 0.3 is 0 Å². The fraction of sp³-hybridized carbons (Fsp3) is 0.424. The molecule has 4 N–H and O–H groups in total. The lowest BCUT2D eigenvalue weighted by Crippen LogP contribution is -2.48. The Kier molecular flexibility index (Phi) is 10.0. The molecule has 50 heavy (non-hydrogen) atoms. The van der Waals surface area contributed by atoms with Crippen LogP contribution in [-0.2, 0) is 16.0 Å². The van der Waals surface area contributed by atoms with Crippen LogP contribution in [0.2, 0.25) is 0 Å². The third-order valence-corrected chi connectivity index (χ3v) is 9.14. The largest absolute Gasteiger partial charge is 0.446 e. The number of carbonyl (C=O) groups is 5. The Morgan fingerprint density at radius 3 is 2.40 bits per heavy atom. The van der Waals surface area contributed by atoms with Gasteiger partial charge in [0, 0.05) is 19.0 Å². The SMILES string of the molecule is Cc1nsnc1C(=O)N[C@H]1C[C@H]2C(=O)N[C@@H](Cc3ccccc3)c3nc(co3)C(=O)N[C@H](CC(C)C)C(=O)N[C@H](C)c3nc(co3)C(=O)N2C1. The summed E-state index contributed by atoms with van der Waals surface area (Å²) in [7, 11) is 0. The first-order valence-electron chi connectivity index (χ1n) is 16.2. The number of hydrogen-bond donors (Lipinski definition) is 4. The first-order valence-corrected chi connectivity index (χ1v) is 17.0. The van der Waals surface area contributed by atoms with Crippen molar-refractivity contribution < 1.29 is 32.8 Å². The molecule has 6 rings (SSSR count). The highest BCUT2D eigenvalue weighted by Gasteiger charge is 2.43. The number of oxazole rings is 2. The van der Waals surface area contributed by atoms with E-state index in [1.165, 1.54) is 17.4 Å². The summed E-state index contributed by atoms with van der Waals surface area (Å²) in [5.74, 6) is -2.56. The summed E-state index contributed by atoms with van der Waals surface area (Å²) >= 11 is 0.910. The van der Waals surface area contributed by atoms with Crippen LogP contribution in [0.25, 0.3) is 0 Å². The van der Waals surface area contributed by atoms with Crippen molar-refractivity contribution in [3.8, 4) is 0 Å². The van der Waals surface area contributed by atoms with Crippen LogP contribution in [0.5, 0.6) is 0 Å². The lowest BCUT2D eigenvalue weighted by atomic mass is 10.0. The molecular weight excluding hydrogens is 666 g/mol. The first-order chi connectivity index (χ1) is 24.0. The molecule has 5 heterocycles. The highest BCUT2D eigenvalue weighted by molar-refractivity contribution is 6.99. The molecule has 1 aromatic carbocycles. The maximum absolute atomic E-state index is 14.1. The van der Waals surface area contributed by atoms with Gasteiger partial charge in [-0.2, -0.15) is 8.75 Å². The van der Waals surface area contributed by atoms with E-state index in [4.69, 9.17) is 8.83 Å². The van der Waals surface area contributed by atoms with Crippen LogP contribution in [0.1, 0.15) is 100 Å². The third-order valence-electron chi connectivity index (χ3n) is 8.52. The lowest BCUT2D eigenvalue weighted by Gasteiger charge is -2.25. The van der Waals surface area contributed by atoms with Crippen LogP contribution in [0.4, 0.5) is 0 Å². The fourth-order valence-corrected chi connectivity index (χ4v) is 6.56. The van der Waals surface area contributed by atoms with Crippen molar-refractivity contribution in [2.45, 2.75) is 77.2 Å². The number of nitrogens with one attached hydrogen (secondary N) is 4. The zero-order chi connectivity index (χ0) is 35.5. The number of aryl methyl sites for hydroxylation is 1. The van der Waals surface area contributed by atoms with E-state index in [0.29, 0.717) is 12.1 Å². The molecule has 0 radical (unpaired) electrons. The number of benzene rings is 1. The average molecular weight is 704 g/mol. The Labute approximate surface area is 291 Å². The summed E-state index contributed by atoms with van der Waals surface area (Å²) in [6.07, 6.45) is 2.98. The van der Waals surface area contributed by atoms with Crippen LogP contribution >= 0.6 is 11.7 Å². The highest BCUT2D eigenvalue weighted by atomic mass is 32.1. The van der Waals surface area contributed by atoms with E-state index in [2.05, 4.69) is 40.0 Å². The molecule has 5 amide bonds. The smallest absolute Gasteiger partial charge is 0.276 e. The van der Waals surface area contributed by atoms with Crippen molar-refractivity contribution in [2.24, 2.45) is 5.92 Å². The summed E-state index contributed by atoms with van der Waals surface area (Å²) < 4.78 is 19.5. The van der Waals surface area contributed by atoms with E-state index in [9.17, 15) is 24.0 Å². The molecule has 262 valence electrons. The van der Waals surface area contributed by atoms with Gasteiger partial charge in [0.2, 0.25) is 23.6 Å². The van der Waals surface area contributed by atoms with Crippen molar-refractivity contribution in [3.05, 3.63) is 83.0 Å². The van der Waals surface area contributed by atoms with Crippen LogP contribution in [0, 0.1) is 12.8 Å². The molecule has 0 spiro atoms. The fourth-order valence-electron chi connectivity index (χ4n) is 6.02. The van der Waals surface area contributed by atoms with E-state index in [0.717, 1.165) is 17.3 Å². The Morgan fingerprint density at radius 1 is 0.960 bits per heavy atom. The average Bonchev–Trinajstić information content (AvgIpc) is 3.90. The molecule has 4 aromatic rings. The van der Waals surface area contributed by atoms with Crippen molar-refractivity contribution in [1.82, 2.24) is 44.9 Å². The molecule has 0 saturated carbocycles. The summed E-state index contributed by atoms with van der Waals surface area (Å²) in [5.41, 5.74) is 1.31. The Hall–Kier alpha value is -5.45. The molecule has 1 saturated heterocycles. The van der Waals surface area contributed by atoms with Gasteiger partial charge in [-0.3, -0.25) is 24.0 Å². The van der Waals surface area contributed by atoms with Crippen LogP contribution in [0.3, 0.4) is 0 Å². The molecule has 2 aliphatic rings. The molecule has 1 fully saturated rings. The predicted molar refractivity (Wildman–Crippen MR) is 177 cm³/mol. The second kappa shape index (κ2) is 14.6. The molecule has 4 bridgehead atoms. The van der Waals surface area contributed by atoms with Gasteiger partial charge in [0.1, 0.15) is 36.7 Å². The van der Waals surface area contributed by atoms with Crippen LogP contribution in [0.15, 0.2) is 51.7 Å². The summed E-state index contributed by atoms with van der Waals surface area (Å²) in [6, 6.07) is 5.09. The number of rotatable bonds is 6.